The van der Waals surface area contributed by atoms with E-state index in [0.717, 1.165) is 5.56 Å². The molecule has 0 radical (unpaired) electrons. The molecule has 1 N–H and O–H groups in total. The number of ether oxygens (including phenoxy) is 2. The first kappa shape index (κ1) is 25.4. The lowest BCUT2D eigenvalue weighted by atomic mass is 10.2. The normalized spacial score (nSPS) is 11.2. The molecule has 11 nitrogen and oxygen atoms in total. The van der Waals surface area contributed by atoms with E-state index in [1.807, 2.05) is 23.6 Å². The molecule has 0 fully saturated rings. The monoisotopic (exact) mass is 496 g/mol. The summed E-state index contributed by atoms with van der Waals surface area (Å²) >= 11 is 1.23. The van der Waals surface area contributed by atoms with Gasteiger partial charge >= 0.3 is 0 Å². The highest BCUT2D eigenvalue weighted by molar-refractivity contribution is 7.99. The van der Waals surface area contributed by atoms with Gasteiger partial charge in [-0.15, -0.1) is 10.2 Å². The Balaban J connectivity index is 1.59. The molecule has 3 rings (SSSR count). The van der Waals surface area contributed by atoms with Gasteiger partial charge in [0.1, 0.15) is 0 Å². The number of benzene rings is 2. The lowest BCUT2D eigenvalue weighted by Crippen LogP contribution is -2.19. The second kappa shape index (κ2) is 12.3. The van der Waals surface area contributed by atoms with Crippen molar-refractivity contribution in [3.8, 4) is 22.9 Å². The number of hydrogen-bond donors (Lipinski definition) is 1. The molecule has 1 aromatic heterocycles. The van der Waals surface area contributed by atoms with E-state index in [1.165, 1.54) is 30.1 Å². The van der Waals surface area contributed by atoms with Crippen LogP contribution >= 0.6 is 11.8 Å². The number of hydrazone groups is 1. The van der Waals surface area contributed by atoms with E-state index in [0.29, 0.717) is 34.6 Å². The van der Waals surface area contributed by atoms with E-state index in [-0.39, 0.29) is 17.3 Å². The molecule has 0 spiro atoms. The van der Waals surface area contributed by atoms with Crippen LogP contribution in [0.2, 0.25) is 0 Å². The largest absolute Gasteiger partial charge is 0.493 e. The van der Waals surface area contributed by atoms with Crippen LogP contribution in [0.1, 0.15) is 12.5 Å². The SMILES string of the molecule is CCn1c(SCC(=O)N/N=C/C=C/c2ccccc2[N+](=O)[O-])nnc1-c1ccc(OC)c(OC)c1. The minimum absolute atomic E-state index is 0.00919. The molecule has 0 unspecified atom stereocenters. The number of nitrogens with one attached hydrogen (secondary N) is 1. The average Bonchev–Trinajstić information content (AvgIpc) is 3.29. The Morgan fingerprint density at radius 3 is 2.69 bits per heavy atom. The van der Waals surface area contributed by atoms with Gasteiger partial charge in [-0.2, -0.15) is 5.10 Å². The Hall–Kier alpha value is -4.19. The number of para-hydroxylation sites is 1. The van der Waals surface area contributed by atoms with Crippen LogP contribution in [0.4, 0.5) is 5.69 Å². The number of nitro groups is 1. The first-order chi connectivity index (χ1) is 17.0. The second-order valence-corrected chi connectivity index (χ2v) is 7.84. The van der Waals surface area contributed by atoms with Crippen LogP contribution in [0.15, 0.2) is 58.8 Å². The maximum absolute atomic E-state index is 12.2. The summed E-state index contributed by atoms with van der Waals surface area (Å²) in [6.45, 7) is 2.57. The van der Waals surface area contributed by atoms with E-state index < -0.39 is 4.92 Å². The third-order valence-corrected chi connectivity index (χ3v) is 5.73. The van der Waals surface area contributed by atoms with Crippen molar-refractivity contribution in [2.45, 2.75) is 18.6 Å². The van der Waals surface area contributed by atoms with E-state index in [4.69, 9.17) is 9.47 Å². The van der Waals surface area contributed by atoms with Crippen molar-refractivity contribution in [2.24, 2.45) is 5.10 Å². The smallest absolute Gasteiger partial charge is 0.276 e. The molecule has 182 valence electrons. The second-order valence-electron chi connectivity index (χ2n) is 6.90. The van der Waals surface area contributed by atoms with Crippen molar-refractivity contribution in [1.82, 2.24) is 20.2 Å². The van der Waals surface area contributed by atoms with Crippen molar-refractivity contribution in [1.29, 1.82) is 0 Å². The van der Waals surface area contributed by atoms with Gasteiger partial charge in [-0.1, -0.05) is 23.9 Å². The number of methoxy groups -OCH3 is 2. The number of rotatable bonds is 11. The van der Waals surface area contributed by atoms with Gasteiger partial charge in [0.2, 0.25) is 0 Å². The van der Waals surface area contributed by atoms with Gasteiger partial charge in [0.15, 0.2) is 22.5 Å². The topological polar surface area (TPSA) is 134 Å². The highest BCUT2D eigenvalue weighted by Crippen LogP contribution is 2.32. The summed E-state index contributed by atoms with van der Waals surface area (Å²) < 4.78 is 12.5. The van der Waals surface area contributed by atoms with Gasteiger partial charge in [-0.25, -0.2) is 5.43 Å². The zero-order valence-corrected chi connectivity index (χ0v) is 20.2. The van der Waals surface area contributed by atoms with E-state index in [9.17, 15) is 14.9 Å². The number of amides is 1. The van der Waals surface area contributed by atoms with Crippen molar-refractivity contribution >= 4 is 35.6 Å². The fourth-order valence-electron chi connectivity index (χ4n) is 3.13. The van der Waals surface area contributed by atoms with Gasteiger partial charge in [-0.3, -0.25) is 14.9 Å². The molecule has 0 aliphatic carbocycles. The molecule has 12 heteroatoms. The first-order valence-corrected chi connectivity index (χ1v) is 11.5. The van der Waals surface area contributed by atoms with Crippen molar-refractivity contribution in [3.05, 3.63) is 64.2 Å². The average molecular weight is 497 g/mol. The van der Waals surface area contributed by atoms with Crippen LogP contribution in [0.3, 0.4) is 0 Å². The fourth-order valence-corrected chi connectivity index (χ4v) is 3.92. The van der Waals surface area contributed by atoms with Crippen molar-refractivity contribution < 1.29 is 19.2 Å². The molecular weight excluding hydrogens is 472 g/mol. The third kappa shape index (κ3) is 6.44. The van der Waals surface area contributed by atoms with Crippen LogP contribution in [-0.4, -0.2) is 51.8 Å². The van der Waals surface area contributed by atoms with E-state index in [2.05, 4.69) is 20.7 Å². The van der Waals surface area contributed by atoms with Crippen LogP contribution in [0.25, 0.3) is 17.5 Å². The maximum atomic E-state index is 12.2. The minimum atomic E-state index is -0.457. The molecule has 0 aliphatic heterocycles. The van der Waals surface area contributed by atoms with Crippen LogP contribution in [0, 0.1) is 10.1 Å². The highest BCUT2D eigenvalue weighted by atomic mass is 32.2. The number of carbonyl (C=O) groups excluding carboxylic acids is 1. The molecule has 3 aromatic rings. The number of allylic oxidation sites excluding steroid dienone is 1. The Morgan fingerprint density at radius 1 is 1.20 bits per heavy atom. The third-order valence-electron chi connectivity index (χ3n) is 4.77. The highest BCUT2D eigenvalue weighted by Gasteiger charge is 2.16. The Kier molecular flexibility index (Phi) is 8.95. The molecular formula is C23H24N6O5S. The standard InChI is InChI=1S/C23H24N6O5S/c1-4-28-22(17-11-12-19(33-2)20(14-17)34-3)26-27-23(28)35-15-21(30)25-24-13-7-9-16-8-5-6-10-18(16)29(31)32/h5-14H,4,15H2,1-3H3,(H,25,30)/b9-7+,24-13+. The molecule has 0 atom stereocenters. The summed E-state index contributed by atoms with van der Waals surface area (Å²) in [6.07, 6.45) is 4.41. The van der Waals surface area contributed by atoms with Gasteiger partial charge < -0.3 is 14.0 Å². The molecule has 0 bridgehead atoms. The quantitative estimate of drug-likeness (QED) is 0.183. The predicted molar refractivity (Wildman–Crippen MR) is 134 cm³/mol. The molecule has 1 amide bonds. The lowest BCUT2D eigenvalue weighted by Gasteiger charge is -2.10. The predicted octanol–water partition coefficient (Wildman–Crippen LogP) is 3.80. The molecule has 2 aromatic carbocycles. The van der Waals surface area contributed by atoms with E-state index >= 15 is 0 Å². The Bertz CT molecular complexity index is 1260. The number of nitro benzene ring substituents is 1. The summed E-state index contributed by atoms with van der Waals surface area (Å²) in [4.78, 5) is 22.7. The first-order valence-electron chi connectivity index (χ1n) is 10.5. The van der Waals surface area contributed by atoms with Crippen LogP contribution < -0.4 is 14.9 Å². The van der Waals surface area contributed by atoms with Gasteiger partial charge in [0, 0.05) is 24.4 Å². The van der Waals surface area contributed by atoms with Crippen LogP contribution in [0.5, 0.6) is 11.5 Å². The van der Waals surface area contributed by atoms with Crippen LogP contribution in [-0.2, 0) is 11.3 Å². The number of aromatic nitrogens is 3. The molecule has 0 aliphatic rings. The summed E-state index contributed by atoms with van der Waals surface area (Å²) in [5, 5.41) is 24.0. The molecule has 0 saturated carbocycles. The maximum Gasteiger partial charge on any atom is 0.276 e. The van der Waals surface area contributed by atoms with E-state index in [1.54, 1.807) is 44.6 Å². The molecule has 1 heterocycles. The number of carbonyl (C=O) groups is 1. The van der Waals surface area contributed by atoms with Gasteiger partial charge in [0.05, 0.1) is 30.5 Å². The summed E-state index contributed by atoms with van der Waals surface area (Å²) in [7, 11) is 3.14. The Labute approximate surface area is 206 Å². The fraction of sp³-hybridized carbons (Fsp3) is 0.217. The number of thioether (sulfide) groups is 1. The molecule has 35 heavy (non-hydrogen) atoms. The summed E-state index contributed by atoms with van der Waals surface area (Å²) in [5.41, 5.74) is 3.66. The van der Waals surface area contributed by atoms with Crippen molar-refractivity contribution in [3.63, 3.8) is 0 Å². The number of nitrogens with zero attached hydrogens (tertiary/aromatic N) is 5. The summed E-state index contributed by atoms with van der Waals surface area (Å²) in [5.74, 6) is 1.59. The Morgan fingerprint density at radius 2 is 1.97 bits per heavy atom. The van der Waals surface area contributed by atoms with Gasteiger partial charge in [0.25, 0.3) is 11.6 Å². The zero-order chi connectivity index (χ0) is 25.2. The number of hydrogen-bond acceptors (Lipinski definition) is 9. The summed E-state index contributed by atoms with van der Waals surface area (Å²) in [6, 6.07) is 11.8. The lowest BCUT2D eigenvalue weighted by molar-refractivity contribution is -0.385. The molecule has 0 saturated heterocycles. The van der Waals surface area contributed by atoms with Crippen molar-refractivity contribution in [2.75, 3.05) is 20.0 Å². The van der Waals surface area contributed by atoms with Gasteiger partial charge in [-0.05, 0) is 43.3 Å². The zero-order valence-electron chi connectivity index (χ0n) is 19.4. The minimum Gasteiger partial charge on any atom is -0.493 e.